The molecule has 8 rings (SSSR count). The van der Waals surface area contributed by atoms with Gasteiger partial charge in [0, 0.05) is 84.6 Å². The number of carbonyl (C=O) groups excluding carboxylic acids is 2. The van der Waals surface area contributed by atoms with Crippen LogP contribution in [-0.4, -0.2) is 61.2 Å². The molecule has 9 nitrogen and oxygen atoms in total. The standard InChI is InChI=1S/C34H37N7O2/c1-5-6-26(42)41-13-10-33(11-14-41)19-34(20-33)29-25(39(3)32(34)43)17-35-31-28(29)27(30(37-31)22-9-12-38(2)18-22)21-7-8-24-23(15-21)16-36-40(24)4/h7-9,12,15-18H,5-6,10-11,13-14,19-20H2,1-4H3,(H,35,37)/i2D3. The largest absolute Gasteiger partial charge is 0.357 e. The van der Waals surface area contributed by atoms with Gasteiger partial charge in [0.25, 0.3) is 0 Å². The van der Waals surface area contributed by atoms with E-state index in [1.54, 1.807) is 23.5 Å². The lowest BCUT2D eigenvalue weighted by atomic mass is 9.47. The SMILES string of the molecule is [2H]C([2H])([2H])n1ccc(-c2[nH]c3ncc4c(c3c2-c2ccc3c(cnn3C)c2)C2(CC3(CCN(C(=O)CCC)CC3)C2)C(=O)N4C)c1. The molecule has 1 aromatic carbocycles. The van der Waals surface area contributed by atoms with E-state index in [9.17, 15) is 9.59 Å². The van der Waals surface area contributed by atoms with Crippen molar-refractivity contribution in [3.05, 3.63) is 54.6 Å². The lowest BCUT2D eigenvalue weighted by molar-refractivity contribution is -0.142. The van der Waals surface area contributed by atoms with Gasteiger partial charge in [0.1, 0.15) is 5.65 Å². The van der Waals surface area contributed by atoms with Crippen LogP contribution in [0.5, 0.6) is 0 Å². The summed E-state index contributed by atoms with van der Waals surface area (Å²) in [7, 11) is 3.75. The molecule has 0 unspecified atom stereocenters. The first-order valence-electron chi connectivity index (χ1n) is 16.7. The molecule has 43 heavy (non-hydrogen) atoms. The molecule has 0 bridgehead atoms. The fourth-order valence-corrected chi connectivity index (χ4v) is 8.30. The Morgan fingerprint density at radius 2 is 1.93 bits per heavy atom. The van der Waals surface area contributed by atoms with Crippen molar-refractivity contribution >= 4 is 39.4 Å². The number of hydrogen-bond acceptors (Lipinski definition) is 4. The Balaban J connectivity index is 1.29. The molecule has 4 aromatic heterocycles. The number of aromatic nitrogens is 5. The molecule has 1 saturated carbocycles. The number of rotatable bonds is 4. The number of hydrogen-bond donors (Lipinski definition) is 1. The molecule has 2 spiro atoms. The molecule has 1 N–H and O–H groups in total. The van der Waals surface area contributed by atoms with Crippen molar-refractivity contribution in [2.24, 2.45) is 19.4 Å². The van der Waals surface area contributed by atoms with Crippen molar-refractivity contribution in [1.82, 2.24) is 29.2 Å². The average Bonchev–Trinajstić information content (AvgIpc) is 3.78. The van der Waals surface area contributed by atoms with Crippen LogP contribution in [0.1, 0.15) is 55.1 Å². The second kappa shape index (κ2) is 9.05. The number of likely N-dealkylation sites (tertiary alicyclic amines) is 1. The van der Waals surface area contributed by atoms with Crippen LogP contribution >= 0.6 is 0 Å². The van der Waals surface area contributed by atoms with Crippen LogP contribution in [0.25, 0.3) is 44.3 Å². The Kier molecular flexibility index (Phi) is 4.86. The minimum Gasteiger partial charge on any atom is -0.357 e. The molecule has 3 aliphatic rings. The van der Waals surface area contributed by atoms with Crippen molar-refractivity contribution in [2.75, 3.05) is 25.0 Å². The van der Waals surface area contributed by atoms with E-state index in [4.69, 9.17) is 9.10 Å². The van der Waals surface area contributed by atoms with Gasteiger partial charge < -0.3 is 19.4 Å². The molecule has 1 saturated heterocycles. The number of anilines is 1. The molecule has 6 heterocycles. The number of aryl methyl sites for hydroxylation is 2. The van der Waals surface area contributed by atoms with Crippen molar-refractivity contribution in [1.29, 1.82) is 0 Å². The van der Waals surface area contributed by atoms with Crippen LogP contribution in [0.2, 0.25) is 0 Å². The van der Waals surface area contributed by atoms with E-state index in [1.807, 2.05) is 48.9 Å². The van der Waals surface area contributed by atoms with Crippen LogP contribution < -0.4 is 4.90 Å². The summed E-state index contributed by atoms with van der Waals surface area (Å²) in [6.45, 7) is 1.20. The number of likely N-dealkylation sites (N-methyl/N-ethyl adjacent to an activating group) is 1. The quantitative estimate of drug-likeness (QED) is 0.303. The highest BCUT2D eigenvalue weighted by molar-refractivity contribution is 6.17. The summed E-state index contributed by atoms with van der Waals surface area (Å²) in [5.41, 5.74) is 6.14. The summed E-state index contributed by atoms with van der Waals surface area (Å²) in [6, 6.07) is 8.02. The highest BCUT2D eigenvalue weighted by Crippen LogP contribution is 2.66. The number of piperidine rings is 1. The minimum atomic E-state index is -2.31. The zero-order chi connectivity index (χ0) is 32.2. The van der Waals surface area contributed by atoms with Crippen LogP contribution in [0, 0.1) is 5.41 Å². The first-order chi connectivity index (χ1) is 21.9. The van der Waals surface area contributed by atoms with Gasteiger partial charge in [-0.2, -0.15) is 5.10 Å². The molecule has 220 valence electrons. The van der Waals surface area contributed by atoms with E-state index in [0.29, 0.717) is 12.1 Å². The van der Waals surface area contributed by atoms with E-state index >= 15 is 0 Å². The molecule has 1 aliphatic carbocycles. The average molecular weight is 579 g/mol. The second-order valence-electron chi connectivity index (χ2n) is 12.9. The molecule has 5 aromatic rings. The van der Waals surface area contributed by atoms with Crippen LogP contribution in [0.15, 0.2) is 49.1 Å². The van der Waals surface area contributed by atoms with Gasteiger partial charge in [0.2, 0.25) is 11.8 Å². The van der Waals surface area contributed by atoms with Gasteiger partial charge in [0.15, 0.2) is 0 Å². The normalized spacial score (nSPS) is 20.1. The van der Waals surface area contributed by atoms with Gasteiger partial charge in [-0.1, -0.05) is 13.0 Å². The minimum absolute atomic E-state index is 0.0154. The molecule has 2 fully saturated rings. The van der Waals surface area contributed by atoms with E-state index in [0.717, 1.165) is 95.1 Å². The van der Waals surface area contributed by atoms with Gasteiger partial charge in [-0.05, 0) is 61.3 Å². The van der Waals surface area contributed by atoms with Crippen molar-refractivity contribution in [3.8, 4) is 22.4 Å². The van der Waals surface area contributed by atoms with E-state index in [-0.39, 0.29) is 17.2 Å². The van der Waals surface area contributed by atoms with Gasteiger partial charge in [-0.3, -0.25) is 14.3 Å². The topological polar surface area (TPSA) is 92.0 Å². The summed E-state index contributed by atoms with van der Waals surface area (Å²) >= 11 is 0. The van der Waals surface area contributed by atoms with Crippen LogP contribution in [-0.2, 0) is 29.0 Å². The van der Waals surface area contributed by atoms with E-state index in [2.05, 4.69) is 22.2 Å². The van der Waals surface area contributed by atoms with E-state index < -0.39 is 12.4 Å². The summed E-state index contributed by atoms with van der Waals surface area (Å²) < 4.78 is 26.9. The third kappa shape index (κ3) is 3.63. The summed E-state index contributed by atoms with van der Waals surface area (Å²) in [6.07, 6.45) is 11.6. The molecule has 0 radical (unpaired) electrons. The zero-order valence-corrected chi connectivity index (χ0v) is 24.8. The first-order valence-corrected chi connectivity index (χ1v) is 15.2. The second-order valence-corrected chi connectivity index (χ2v) is 12.9. The summed E-state index contributed by atoms with van der Waals surface area (Å²) in [4.78, 5) is 39.0. The fourth-order valence-electron chi connectivity index (χ4n) is 8.30. The molecule has 9 heteroatoms. The highest BCUT2D eigenvalue weighted by Gasteiger charge is 2.65. The molecule has 2 aliphatic heterocycles. The fraction of sp³-hybridized carbons (Fsp3) is 0.412. The number of nitrogens with one attached hydrogen (secondary N) is 1. The lowest BCUT2D eigenvalue weighted by Gasteiger charge is -2.57. The van der Waals surface area contributed by atoms with Crippen molar-refractivity contribution < 1.29 is 13.7 Å². The maximum atomic E-state index is 14.3. The predicted octanol–water partition coefficient (Wildman–Crippen LogP) is 5.54. The summed E-state index contributed by atoms with van der Waals surface area (Å²) in [5.74, 6) is 0.320. The van der Waals surface area contributed by atoms with Gasteiger partial charge >= 0.3 is 0 Å². The monoisotopic (exact) mass is 578 g/mol. The van der Waals surface area contributed by atoms with E-state index in [1.165, 1.54) is 4.57 Å². The summed E-state index contributed by atoms with van der Waals surface area (Å²) in [5, 5.41) is 6.33. The molecular formula is C34H37N7O2. The number of fused-ring (bicyclic) bond motifs is 5. The Morgan fingerprint density at radius 3 is 2.67 bits per heavy atom. The first kappa shape index (κ1) is 23.1. The van der Waals surface area contributed by atoms with Crippen LogP contribution in [0.3, 0.4) is 0 Å². The maximum Gasteiger partial charge on any atom is 0.237 e. The van der Waals surface area contributed by atoms with Gasteiger partial charge in [0.05, 0.1) is 34.7 Å². The highest BCUT2D eigenvalue weighted by atomic mass is 16.2. The molecule has 0 atom stereocenters. The number of aromatic amines is 1. The van der Waals surface area contributed by atoms with Gasteiger partial charge in [-0.15, -0.1) is 0 Å². The maximum absolute atomic E-state index is 14.3. The Bertz CT molecular complexity index is 2050. The Hall–Kier alpha value is -4.40. The molecule has 2 amide bonds. The third-order valence-corrected chi connectivity index (χ3v) is 10.4. The van der Waals surface area contributed by atoms with Crippen molar-refractivity contribution in [3.63, 3.8) is 0 Å². The molecular weight excluding hydrogens is 538 g/mol. The number of carbonyl (C=O) groups is 2. The van der Waals surface area contributed by atoms with Gasteiger partial charge in [-0.25, -0.2) is 4.98 Å². The van der Waals surface area contributed by atoms with Crippen LogP contribution in [0.4, 0.5) is 5.69 Å². The number of nitrogens with zero attached hydrogens (tertiary/aromatic N) is 6. The Morgan fingerprint density at radius 1 is 1.12 bits per heavy atom. The lowest BCUT2D eigenvalue weighted by Crippen LogP contribution is -2.58. The smallest absolute Gasteiger partial charge is 0.237 e. The predicted molar refractivity (Wildman–Crippen MR) is 168 cm³/mol. The number of benzene rings is 1. The third-order valence-electron chi connectivity index (χ3n) is 10.4. The Labute approximate surface area is 254 Å². The number of H-pyrrole nitrogens is 1. The number of pyridine rings is 1. The zero-order valence-electron chi connectivity index (χ0n) is 27.8. The number of amides is 2. The van der Waals surface area contributed by atoms with Crippen molar-refractivity contribution in [2.45, 2.75) is 50.9 Å².